The van der Waals surface area contributed by atoms with E-state index < -0.39 is 0 Å². The molecule has 1 unspecified atom stereocenters. The monoisotopic (exact) mass is 437 g/mol. The van der Waals surface area contributed by atoms with Gasteiger partial charge in [0, 0.05) is 42.0 Å². The van der Waals surface area contributed by atoms with Crippen LogP contribution >= 0.6 is 0 Å². The molecule has 32 heavy (non-hydrogen) atoms. The van der Waals surface area contributed by atoms with E-state index in [0.717, 1.165) is 52.3 Å². The Morgan fingerprint density at radius 1 is 1.12 bits per heavy atom. The lowest BCUT2D eigenvalue weighted by Crippen LogP contribution is -2.35. The molecule has 1 aliphatic heterocycles. The number of aryl methyl sites for hydroxylation is 2. The lowest BCUT2D eigenvalue weighted by molar-refractivity contribution is -0.123. The number of fused-ring (bicyclic) bond motifs is 2. The predicted molar refractivity (Wildman–Crippen MR) is 116 cm³/mol. The predicted octanol–water partition coefficient (Wildman–Crippen LogP) is 1.95. The molecule has 1 atom stereocenters. The van der Waals surface area contributed by atoms with Crippen molar-refractivity contribution in [2.45, 2.75) is 19.4 Å². The zero-order chi connectivity index (χ0) is 23.1. The largest absolute Gasteiger partial charge is 0.483 e. The SMILES string of the molecule is Cc1nnc(N2Cc3[nH]cnc3C(c3cnn(C)c3)C2)c2ccccc12.O=CO.O=CO. The lowest BCUT2D eigenvalue weighted by atomic mass is 9.93. The Hall–Kier alpha value is -4.28. The normalized spacial score (nSPS) is 14.4. The second-order valence-corrected chi connectivity index (χ2v) is 7.01. The van der Waals surface area contributed by atoms with Crippen molar-refractivity contribution in [2.24, 2.45) is 7.05 Å². The number of rotatable bonds is 2. The second-order valence-electron chi connectivity index (χ2n) is 7.01. The standard InChI is InChI=1S/C19H19N7.2CH2O2/c1-12-14-5-3-4-6-15(14)19(24-23-12)26-9-16(13-7-22-25(2)8-13)18-17(10-26)20-11-21-18;2*2-1-3/h3-8,11,16H,9-10H2,1-2H3,(H,20,21);2*1H,(H,2,3). The molecule has 0 aliphatic carbocycles. The first-order valence-electron chi connectivity index (χ1n) is 9.67. The van der Waals surface area contributed by atoms with Crippen molar-refractivity contribution >= 4 is 29.5 Å². The molecule has 0 spiro atoms. The Morgan fingerprint density at radius 2 is 1.81 bits per heavy atom. The Balaban J connectivity index is 0.000000437. The van der Waals surface area contributed by atoms with E-state index in [1.165, 1.54) is 0 Å². The minimum Gasteiger partial charge on any atom is -0.483 e. The summed E-state index contributed by atoms with van der Waals surface area (Å²) in [6, 6.07) is 8.32. The molecule has 0 radical (unpaired) electrons. The Labute approximate surface area is 183 Å². The van der Waals surface area contributed by atoms with E-state index in [2.05, 4.69) is 54.6 Å². The Bertz CT molecular complexity index is 1200. The highest BCUT2D eigenvalue weighted by Gasteiger charge is 2.31. The number of hydrogen-bond acceptors (Lipinski definition) is 7. The zero-order valence-electron chi connectivity index (χ0n) is 17.6. The first kappa shape index (κ1) is 22.4. The fourth-order valence-electron chi connectivity index (χ4n) is 3.82. The number of anilines is 1. The molecule has 0 amide bonds. The van der Waals surface area contributed by atoms with E-state index in [0.29, 0.717) is 0 Å². The topological polar surface area (TPSA) is 150 Å². The van der Waals surface area contributed by atoms with E-state index in [1.54, 1.807) is 6.33 Å². The maximum Gasteiger partial charge on any atom is 0.290 e. The highest BCUT2D eigenvalue weighted by molar-refractivity contribution is 5.93. The van der Waals surface area contributed by atoms with Crippen LogP contribution in [-0.4, -0.2) is 59.6 Å². The van der Waals surface area contributed by atoms with Crippen molar-refractivity contribution in [2.75, 3.05) is 11.4 Å². The summed E-state index contributed by atoms with van der Waals surface area (Å²) in [5.74, 6) is 1.07. The first-order chi connectivity index (χ1) is 15.5. The quantitative estimate of drug-likeness (QED) is 0.400. The highest BCUT2D eigenvalue weighted by atomic mass is 16.3. The number of nitrogens with zero attached hydrogens (tertiary/aromatic N) is 6. The molecule has 11 nitrogen and oxygen atoms in total. The van der Waals surface area contributed by atoms with Crippen molar-refractivity contribution in [1.29, 1.82) is 0 Å². The van der Waals surface area contributed by atoms with Crippen molar-refractivity contribution < 1.29 is 19.8 Å². The molecular formula is C21H23N7O4. The van der Waals surface area contributed by atoms with E-state index in [9.17, 15) is 0 Å². The maximum atomic E-state index is 8.36. The third-order valence-corrected chi connectivity index (χ3v) is 5.11. The van der Waals surface area contributed by atoms with Gasteiger partial charge in [-0.1, -0.05) is 24.3 Å². The first-order valence-corrected chi connectivity index (χ1v) is 9.67. The van der Waals surface area contributed by atoms with Gasteiger partial charge in [0.05, 0.1) is 36.2 Å². The molecule has 0 saturated carbocycles. The summed E-state index contributed by atoms with van der Waals surface area (Å²) in [4.78, 5) is 26.9. The van der Waals surface area contributed by atoms with Crippen LogP contribution in [0, 0.1) is 6.92 Å². The van der Waals surface area contributed by atoms with Crippen LogP contribution in [0.1, 0.15) is 28.6 Å². The van der Waals surface area contributed by atoms with Gasteiger partial charge in [-0.2, -0.15) is 10.2 Å². The van der Waals surface area contributed by atoms with Crippen molar-refractivity contribution in [1.82, 2.24) is 29.9 Å². The van der Waals surface area contributed by atoms with Crippen molar-refractivity contribution in [3.63, 3.8) is 0 Å². The number of aromatic amines is 1. The summed E-state index contributed by atoms with van der Waals surface area (Å²) < 4.78 is 1.84. The average Bonchev–Trinajstić information content (AvgIpc) is 3.43. The molecule has 0 saturated heterocycles. The fourth-order valence-corrected chi connectivity index (χ4v) is 3.82. The zero-order valence-corrected chi connectivity index (χ0v) is 17.6. The fraction of sp³-hybridized carbons (Fsp3) is 0.238. The van der Waals surface area contributed by atoms with Crippen LogP contribution in [0.5, 0.6) is 0 Å². The number of nitrogens with one attached hydrogen (secondary N) is 1. The number of hydrogen-bond donors (Lipinski definition) is 3. The summed E-state index contributed by atoms with van der Waals surface area (Å²) in [5, 5.41) is 29.3. The van der Waals surface area contributed by atoms with Crippen molar-refractivity contribution in [3.8, 4) is 0 Å². The minimum absolute atomic E-state index is 0.153. The third-order valence-electron chi connectivity index (χ3n) is 5.11. The molecule has 4 heterocycles. The van der Waals surface area contributed by atoms with Crippen LogP contribution in [-0.2, 0) is 23.2 Å². The number of aromatic nitrogens is 6. The second kappa shape index (κ2) is 10.2. The number of carboxylic acid groups (broad SMARTS) is 2. The van der Waals surface area contributed by atoms with Gasteiger partial charge in [-0.05, 0) is 6.92 Å². The summed E-state index contributed by atoms with van der Waals surface area (Å²) in [6.45, 7) is 3.04. The van der Waals surface area contributed by atoms with Gasteiger partial charge >= 0.3 is 0 Å². The van der Waals surface area contributed by atoms with Crippen LogP contribution in [0.4, 0.5) is 5.82 Å². The van der Waals surface area contributed by atoms with Crippen molar-refractivity contribution in [3.05, 3.63) is 65.6 Å². The maximum absolute atomic E-state index is 8.36. The molecule has 11 heteroatoms. The third kappa shape index (κ3) is 4.56. The molecule has 1 aliphatic rings. The number of H-pyrrole nitrogens is 1. The smallest absolute Gasteiger partial charge is 0.290 e. The molecule has 3 aromatic heterocycles. The highest BCUT2D eigenvalue weighted by Crippen LogP contribution is 2.35. The van der Waals surface area contributed by atoms with Gasteiger partial charge in [-0.25, -0.2) is 4.98 Å². The van der Waals surface area contributed by atoms with Crippen LogP contribution in [0.15, 0.2) is 43.0 Å². The van der Waals surface area contributed by atoms with Gasteiger partial charge in [0.1, 0.15) is 0 Å². The number of benzene rings is 1. The number of carbonyl (C=O) groups is 2. The number of imidazole rings is 1. The van der Waals surface area contributed by atoms with Gasteiger partial charge < -0.3 is 20.1 Å². The van der Waals surface area contributed by atoms with E-state index in [4.69, 9.17) is 19.8 Å². The van der Waals surface area contributed by atoms with Gasteiger partial charge in [-0.3, -0.25) is 14.3 Å². The summed E-state index contributed by atoms with van der Waals surface area (Å²) in [6.07, 6.45) is 5.76. The molecule has 4 aromatic rings. The van der Waals surface area contributed by atoms with Gasteiger partial charge in [0.15, 0.2) is 5.82 Å². The molecule has 0 fully saturated rings. The van der Waals surface area contributed by atoms with E-state index in [-0.39, 0.29) is 18.9 Å². The minimum atomic E-state index is -0.250. The molecule has 1 aromatic carbocycles. The van der Waals surface area contributed by atoms with Crippen LogP contribution in [0.3, 0.4) is 0 Å². The van der Waals surface area contributed by atoms with E-state index in [1.807, 2.05) is 30.9 Å². The molecule has 5 rings (SSSR count). The summed E-state index contributed by atoms with van der Waals surface area (Å²) in [5.41, 5.74) is 4.33. The summed E-state index contributed by atoms with van der Waals surface area (Å²) in [7, 11) is 1.94. The van der Waals surface area contributed by atoms with Crippen LogP contribution < -0.4 is 4.90 Å². The average molecular weight is 437 g/mol. The van der Waals surface area contributed by atoms with E-state index >= 15 is 0 Å². The molecular weight excluding hydrogens is 414 g/mol. The Kier molecular flexibility index (Phi) is 7.11. The molecule has 166 valence electrons. The van der Waals surface area contributed by atoms with Gasteiger partial charge in [0.2, 0.25) is 0 Å². The molecule has 3 N–H and O–H groups in total. The molecule has 0 bridgehead atoms. The lowest BCUT2D eigenvalue weighted by Gasteiger charge is -2.32. The van der Waals surface area contributed by atoms with Crippen LogP contribution in [0.25, 0.3) is 10.8 Å². The summed E-state index contributed by atoms with van der Waals surface area (Å²) >= 11 is 0. The Morgan fingerprint density at radius 3 is 2.47 bits per heavy atom. The van der Waals surface area contributed by atoms with Crippen LogP contribution in [0.2, 0.25) is 0 Å². The van der Waals surface area contributed by atoms with Gasteiger partial charge in [-0.15, -0.1) is 5.10 Å². The van der Waals surface area contributed by atoms with Gasteiger partial charge in [0.25, 0.3) is 12.9 Å².